The van der Waals surface area contributed by atoms with Crippen LogP contribution in [0.2, 0.25) is 0 Å². The molecule has 0 saturated carbocycles. The van der Waals surface area contributed by atoms with Crippen LogP contribution < -0.4 is 5.32 Å². The van der Waals surface area contributed by atoms with Gasteiger partial charge in [0, 0.05) is 11.8 Å². The molecule has 7 heteroatoms. The highest BCUT2D eigenvalue weighted by molar-refractivity contribution is 5.95. The molecule has 1 aromatic carbocycles. The average molecular weight is 364 g/mol. The summed E-state index contributed by atoms with van der Waals surface area (Å²) in [5, 5.41) is 2.87. The van der Waals surface area contributed by atoms with Crippen LogP contribution in [0, 0.1) is 6.92 Å². The molecule has 1 N–H and O–H groups in total. The fraction of sp³-hybridized carbons (Fsp3) is 0.250. The summed E-state index contributed by atoms with van der Waals surface area (Å²) in [5.41, 5.74) is 2.48. The van der Waals surface area contributed by atoms with Gasteiger partial charge in [0.25, 0.3) is 5.91 Å². The maximum atomic E-state index is 12.9. The van der Waals surface area contributed by atoms with Gasteiger partial charge in [0.1, 0.15) is 11.8 Å². The number of rotatable bonds is 4. The van der Waals surface area contributed by atoms with Crippen LogP contribution in [0.25, 0.3) is 0 Å². The molecule has 7 nitrogen and oxygen atoms in total. The fourth-order valence-electron chi connectivity index (χ4n) is 3.32. The number of aromatic nitrogens is 2. The number of amides is 2. The number of hydrogen-bond donors (Lipinski definition) is 1. The van der Waals surface area contributed by atoms with E-state index in [-0.39, 0.29) is 11.8 Å². The molecule has 0 spiro atoms. The van der Waals surface area contributed by atoms with Crippen LogP contribution in [0.4, 0.5) is 0 Å². The zero-order chi connectivity index (χ0) is 18.8. The number of carbonyl (C=O) groups excluding carboxylic acids is 2. The second kappa shape index (κ2) is 7.11. The van der Waals surface area contributed by atoms with Gasteiger partial charge in [-0.2, -0.15) is 0 Å². The molecule has 2 aromatic heterocycles. The number of fused-ring (bicyclic) bond motifs is 1. The Balaban J connectivity index is 1.53. The van der Waals surface area contributed by atoms with Crippen molar-refractivity contribution in [1.29, 1.82) is 0 Å². The molecule has 0 radical (unpaired) electrons. The summed E-state index contributed by atoms with van der Waals surface area (Å²) in [6.45, 7) is 2.97. The highest BCUT2D eigenvalue weighted by Crippen LogP contribution is 2.23. The maximum Gasteiger partial charge on any atom is 0.254 e. The van der Waals surface area contributed by atoms with E-state index in [1.54, 1.807) is 41.9 Å². The third-order valence-electron chi connectivity index (χ3n) is 4.70. The SMILES string of the molecule is Cc1cccc(C(=O)N2Cc3cncn3[C@H](C(=O)NCc3ccco3)C2)c1. The first kappa shape index (κ1) is 17.1. The van der Waals surface area contributed by atoms with Crippen molar-refractivity contribution in [2.24, 2.45) is 0 Å². The number of hydrogen-bond acceptors (Lipinski definition) is 4. The molecule has 0 bridgehead atoms. The lowest BCUT2D eigenvalue weighted by Crippen LogP contribution is -2.46. The van der Waals surface area contributed by atoms with Gasteiger partial charge in [-0.05, 0) is 31.2 Å². The van der Waals surface area contributed by atoms with Crippen molar-refractivity contribution in [3.05, 3.63) is 77.8 Å². The van der Waals surface area contributed by atoms with Gasteiger partial charge in [-0.1, -0.05) is 17.7 Å². The van der Waals surface area contributed by atoms with E-state index in [0.29, 0.717) is 31.0 Å². The van der Waals surface area contributed by atoms with Crippen molar-refractivity contribution in [2.45, 2.75) is 26.1 Å². The largest absolute Gasteiger partial charge is 0.467 e. The van der Waals surface area contributed by atoms with Gasteiger partial charge in [-0.25, -0.2) is 4.98 Å². The molecule has 0 aliphatic carbocycles. The van der Waals surface area contributed by atoms with Gasteiger partial charge < -0.3 is 19.2 Å². The van der Waals surface area contributed by atoms with Crippen molar-refractivity contribution >= 4 is 11.8 Å². The summed E-state index contributed by atoms with van der Waals surface area (Å²) in [6, 6.07) is 10.5. The van der Waals surface area contributed by atoms with Crippen molar-refractivity contribution in [1.82, 2.24) is 19.8 Å². The molecule has 1 aliphatic heterocycles. The van der Waals surface area contributed by atoms with E-state index in [2.05, 4.69) is 10.3 Å². The van der Waals surface area contributed by atoms with E-state index in [1.165, 1.54) is 0 Å². The second-order valence-corrected chi connectivity index (χ2v) is 6.66. The molecule has 138 valence electrons. The predicted octanol–water partition coefficient (Wildman–Crippen LogP) is 2.30. The molecule has 3 aromatic rings. The van der Waals surface area contributed by atoms with Crippen LogP contribution in [0.5, 0.6) is 0 Å². The smallest absolute Gasteiger partial charge is 0.254 e. The Bertz CT molecular complexity index is 961. The first-order valence-corrected chi connectivity index (χ1v) is 8.78. The number of carbonyl (C=O) groups is 2. The normalized spacial score (nSPS) is 16.0. The average Bonchev–Trinajstić information content (AvgIpc) is 3.36. The van der Waals surface area contributed by atoms with E-state index >= 15 is 0 Å². The van der Waals surface area contributed by atoms with Crippen LogP contribution >= 0.6 is 0 Å². The van der Waals surface area contributed by atoms with Crippen molar-refractivity contribution in [2.75, 3.05) is 6.54 Å². The Hall–Kier alpha value is -3.35. The number of nitrogens with one attached hydrogen (secondary N) is 1. The molecular weight excluding hydrogens is 344 g/mol. The number of benzene rings is 1. The highest BCUT2D eigenvalue weighted by atomic mass is 16.3. The second-order valence-electron chi connectivity index (χ2n) is 6.66. The number of furan rings is 1. The van der Waals surface area contributed by atoms with Crippen LogP contribution in [-0.4, -0.2) is 32.8 Å². The summed E-state index contributed by atoms with van der Waals surface area (Å²) in [7, 11) is 0. The fourth-order valence-corrected chi connectivity index (χ4v) is 3.32. The number of imidazole rings is 1. The molecule has 0 saturated heterocycles. The molecule has 4 rings (SSSR count). The van der Waals surface area contributed by atoms with Crippen molar-refractivity contribution < 1.29 is 14.0 Å². The van der Waals surface area contributed by atoms with Crippen molar-refractivity contribution in [3.63, 3.8) is 0 Å². The molecule has 0 fully saturated rings. The zero-order valence-corrected chi connectivity index (χ0v) is 15.0. The van der Waals surface area contributed by atoms with Crippen LogP contribution in [0.15, 0.2) is 59.6 Å². The minimum atomic E-state index is -0.528. The van der Waals surface area contributed by atoms with E-state index < -0.39 is 6.04 Å². The Morgan fingerprint density at radius 1 is 1.30 bits per heavy atom. The summed E-state index contributed by atoms with van der Waals surface area (Å²) < 4.78 is 7.09. The third kappa shape index (κ3) is 3.48. The predicted molar refractivity (Wildman–Crippen MR) is 97.7 cm³/mol. The standard InChI is InChI=1S/C20H20N4O3/c1-14-4-2-5-15(8-14)20(26)23-11-16-9-21-13-24(16)18(12-23)19(25)22-10-17-6-3-7-27-17/h2-9,13,18H,10-12H2,1H3,(H,22,25)/t18-/m0/s1. The first-order chi connectivity index (χ1) is 13.1. The molecular formula is C20H20N4O3. The number of aryl methyl sites for hydroxylation is 1. The van der Waals surface area contributed by atoms with Crippen LogP contribution in [0.1, 0.15) is 33.4 Å². The zero-order valence-electron chi connectivity index (χ0n) is 15.0. The summed E-state index contributed by atoms with van der Waals surface area (Å²) in [6.07, 6.45) is 4.90. The van der Waals surface area contributed by atoms with Crippen LogP contribution in [0.3, 0.4) is 0 Å². The lowest BCUT2D eigenvalue weighted by molar-refractivity contribution is -0.125. The molecule has 27 heavy (non-hydrogen) atoms. The molecule has 2 amide bonds. The van der Waals surface area contributed by atoms with E-state index in [0.717, 1.165) is 11.3 Å². The van der Waals surface area contributed by atoms with Gasteiger partial charge in [-0.3, -0.25) is 9.59 Å². The molecule has 3 heterocycles. The summed E-state index contributed by atoms with van der Waals surface area (Å²) in [5.74, 6) is 0.417. The van der Waals surface area contributed by atoms with E-state index in [9.17, 15) is 9.59 Å². The van der Waals surface area contributed by atoms with Gasteiger partial charge in [0.05, 0.1) is 37.9 Å². The Labute approximate surface area is 156 Å². The first-order valence-electron chi connectivity index (χ1n) is 8.78. The Morgan fingerprint density at radius 3 is 2.96 bits per heavy atom. The van der Waals surface area contributed by atoms with E-state index in [1.807, 2.05) is 29.7 Å². The monoisotopic (exact) mass is 364 g/mol. The topological polar surface area (TPSA) is 80.4 Å². The minimum Gasteiger partial charge on any atom is -0.467 e. The Kier molecular flexibility index (Phi) is 4.50. The minimum absolute atomic E-state index is 0.0880. The Morgan fingerprint density at radius 2 is 2.19 bits per heavy atom. The quantitative estimate of drug-likeness (QED) is 0.770. The lowest BCUT2D eigenvalue weighted by atomic mass is 10.1. The molecule has 1 atom stereocenters. The summed E-state index contributed by atoms with van der Waals surface area (Å²) in [4.78, 5) is 31.6. The molecule has 1 aliphatic rings. The summed E-state index contributed by atoms with van der Waals surface area (Å²) >= 11 is 0. The lowest BCUT2D eigenvalue weighted by Gasteiger charge is -2.33. The van der Waals surface area contributed by atoms with Gasteiger partial charge >= 0.3 is 0 Å². The third-order valence-corrected chi connectivity index (χ3v) is 4.70. The number of nitrogens with zero attached hydrogens (tertiary/aromatic N) is 3. The van der Waals surface area contributed by atoms with Gasteiger partial charge in [-0.15, -0.1) is 0 Å². The highest BCUT2D eigenvalue weighted by Gasteiger charge is 2.32. The van der Waals surface area contributed by atoms with Crippen molar-refractivity contribution in [3.8, 4) is 0 Å². The van der Waals surface area contributed by atoms with Crippen LogP contribution in [-0.2, 0) is 17.9 Å². The maximum absolute atomic E-state index is 12.9. The van der Waals surface area contributed by atoms with Gasteiger partial charge in [0.15, 0.2) is 0 Å². The molecule has 0 unspecified atom stereocenters. The van der Waals surface area contributed by atoms with Gasteiger partial charge in [0.2, 0.25) is 5.91 Å². The van der Waals surface area contributed by atoms with E-state index in [4.69, 9.17) is 4.42 Å².